The summed E-state index contributed by atoms with van der Waals surface area (Å²) in [6.07, 6.45) is 0.495. The standard InChI is InChI=1S/C24H32FN3O5S/c1-4-27-34(31,32)22-12-7-19(8-13-22)9-14-23(29)28(17-20-5-10-21(25)11-6-20)18(2)24(30)26-15-16-33-3/h5-8,10-13,18,27H,4,9,14-17H2,1-3H3,(H,26,30)/t18-/m0/s1. The van der Waals surface area contributed by atoms with Crippen molar-refractivity contribution < 1.29 is 27.1 Å². The molecule has 0 saturated heterocycles. The molecule has 0 fully saturated rings. The molecule has 0 saturated carbocycles. The minimum Gasteiger partial charge on any atom is -0.383 e. The number of sulfonamides is 1. The molecule has 34 heavy (non-hydrogen) atoms. The van der Waals surface area contributed by atoms with Crippen molar-refractivity contribution in [2.45, 2.75) is 44.2 Å². The normalized spacial score (nSPS) is 12.2. The molecule has 0 heterocycles. The first-order valence-electron chi connectivity index (χ1n) is 11.1. The van der Waals surface area contributed by atoms with Crippen molar-refractivity contribution in [2.24, 2.45) is 0 Å². The minimum absolute atomic E-state index is 0.121. The topological polar surface area (TPSA) is 105 Å². The molecule has 0 aliphatic carbocycles. The third kappa shape index (κ3) is 8.19. The van der Waals surface area contributed by atoms with Gasteiger partial charge >= 0.3 is 0 Å². The summed E-state index contributed by atoms with van der Waals surface area (Å²) in [4.78, 5) is 27.3. The summed E-state index contributed by atoms with van der Waals surface area (Å²) >= 11 is 0. The Kier molecular flexibility index (Phi) is 10.6. The zero-order valence-electron chi connectivity index (χ0n) is 19.7. The molecule has 1 atom stereocenters. The quantitative estimate of drug-likeness (QED) is 0.417. The number of amides is 2. The van der Waals surface area contributed by atoms with E-state index < -0.39 is 16.1 Å². The van der Waals surface area contributed by atoms with E-state index in [1.165, 1.54) is 36.3 Å². The van der Waals surface area contributed by atoms with Crippen molar-refractivity contribution in [1.82, 2.24) is 14.9 Å². The number of benzene rings is 2. The lowest BCUT2D eigenvalue weighted by molar-refractivity contribution is -0.140. The van der Waals surface area contributed by atoms with Crippen LogP contribution in [0.3, 0.4) is 0 Å². The molecule has 186 valence electrons. The molecule has 0 unspecified atom stereocenters. The highest BCUT2D eigenvalue weighted by molar-refractivity contribution is 7.89. The van der Waals surface area contributed by atoms with Gasteiger partial charge in [0.15, 0.2) is 0 Å². The fraction of sp³-hybridized carbons (Fsp3) is 0.417. The summed E-state index contributed by atoms with van der Waals surface area (Å²) in [5.41, 5.74) is 1.49. The lowest BCUT2D eigenvalue weighted by Gasteiger charge is -2.29. The van der Waals surface area contributed by atoms with Gasteiger partial charge in [0.1, 0.15) is 11.9 Å². The molecule has 2 aromatic carbocycles. The van der Waals surface area contributed by atoms with Crippen LogP contribution in [0, 0.1) is 5.82 Å². The van der Waals surface area contributed by atoms with E-state index in [0.29, 0.717) is 31.7 Å². The maximum absolute atomic E-state index is 13.3. The summed E-state index contributed by atoms with van der Waals surface area (Å²) in [5, 5.41) is 2.74. The first kappa shape index (κ1) is 27.4. The smallest absolute Gasteiger partial charge is 0.242 e. The van der Waals surface area contributed by atoms with Gasteiger partial charge in [0.2, 0.25) is 21.8 Å². The molecule has 10 heteroatoms. The highest BCUT2D eigenvalue weighted by atomic mass is 32.2. The molecular weight excluding hydrogens is 461 g/mol. The van der Waals surface area contributed by atoms with E-state index in [0.717, 1.165) is 5.56 Å². The molecule has 8 nitrogen and oxygen atoms in total. The van der Waals surface area contributed by atoms with E-state index in [1.54, 1.807) is 38.1 Å². The van der Waals surface area contributed by atoms with Crippen molar-refractivity contribution >= 4 is 21.8 Å². The molecule has 0 aliphatic rings. The summed E-state index contributed by atoms with van der Waals surface area (Å²) in [7, 11) is -2.02. The summed E-state index contributed by atoms with van der Waals surface area (Å²) in [6.45, 7) is 4.46. The Hall–Kier alpha value is -2.82. The van der Waals surface area contributed by atoms with Crippen LogP contribution in [0.25, 0.3) is 0 Å². The summed E-state index contributed by atoms with van der Waals surface area (Å²) in [6, 6.07) is 11.4. The Morgan fingerprint density at radius 1 is 1.06 bits per heavy atom. The zero-order valence-corrected chi connectivity index (χ0v) is 20.5. The Morgan fingerprint density at radius 3 is 2.26 bits per heavy atom. The molecule has 2 rings (SSSR count). The van der Waals surface area contributed by atoms with E-state index in [2.05, 4.69) is 10.0 Å². The van der Waals surface area contributed by atoms with E-state index in [4.69, 9.17) is 4.74 Å². The van der Waals surface area contributed by atoms with E-state index in [-0.39, 0.29) is 35.5 Å². The van der Waals surface area contributed by atoms with Crippen molar-refractivity contribution in [1.29, 1.82) is 0 Å². The van der Waals surface area contributed by atoms with Gasteiger partial charge in [-0.15, -0.1) is 0 Å². The van der Waals surface area contributed by atoms with Gasteiger partial charge in [-0.3, -0.25) is 9.59 Å². The van der Waals surface area contributed by atoms with Crippen LogP contribution in [-0.4, -0.2) is 58.0 Å². The summed E-state index contributed by atoms with van der Waals surface area (Å²) < 4.78 is 44.8. The molecule has 2 amide bonds. The van der Waals surface area contributed by atoms with Crippen molar-refractivity contribution in [2.75, 3.05) is 26.8 Å². The predicted octanol–water partition coefficient (Wildman–Crippen LogP) is 2.24. The number of ether oxygens (including phenoxy) is 1. The molecule has 2 aromatic rings. The molecule has 0 bridgehead atoms. The molecule has 0 spiro atoms. The number of carbonyl (C=O) groups excluding carboxylic acids is 2. The largest absolute Gasteiger partial charge is 0.383 e. The highest BCUT2D eigenvalue weighted by Crippen LogP contribution is 2.15. The van der Waals surface area contributed by atoms with Gasteiger partial charge in [-0.2, -0.15) is 0 Å². The number of methoxy groups -OCH3 is 1. The van der Waals surface area contributed by atoms with Gasteiger partial charge in [-0.1, -0.05) is 31.2 Å². The van der Waals surface area contributed by atoms with E-state index in [1.807, 2.05) is 0 Å². The summed E-state index contributed by atoms with van der Waals surface area (Å²) in [5.74, 6) is -0.944. The molecule has 0 aromatic heterocycles. The average Bonchev–Trinajstić information content (AvgIpc) is 2.82. The average molecular weight is 494 g/mol. The van der Waals surface area contributed by atoms with E-state index >= 15 is 0 Å². The third-order valence-electron chi connectivity index (χ3n) is 5.23. The zero-order chi connectivity index (χ0) is 25.1. The van der Waals surface area contributed by atoms with Crippen LogP contribution in [0.15, 0.2) is 53.4 Å². The Morgan fingerprint density at radius 2 is 1.68 bits per heavy atom. The van der Waals surface area contributed by atoms with Crippen LogP contribution in [0.5, 0.6) is 0 Å². The lowest BCUT2D eigenvalue weighted by atomic mass is 10.1. The monoisotopic (exact) mass is 493 g/mol. The fourth-order valence-corrected chi connectivity index (χ4v) is 4.34. The number of rotatable bonds is 13. The lowest BCUT2D eigenvalue weighted by Crippen LogP contribution is -2.48. The van der Waals surface area contributed by atoms with Crippen molar-refractivity contribution in [3.8, 4) is 0 Å². The van der Waals surface area contributed by atoms with Crippen molar-refractivity contribution in [3.63, 3.8) is 0 Å². The molecule has 2 N–H and O–H groups in total. The second-order valence-electron chi connectivity index (χ2n) is 7.75. The molecule has 0 radical (unpaired) electrons. The number of hydrogen-bond donors (Lipinski definition) is 2. The van der Waals surface area contributed by atoms with Gasteiger partial charge in [0.05, 0.1) is 11.5 Å². The minimum atomic E-state index is -3.55. The number of halogens is 1. The molecular formula is C24H32FN3O5S. The van der Waals surface area contributed by atoms with Gasteiger partial charge in [0, 0.05) is 33.2 Å². The third-order valence-corrected chi connectivity index (χ3v) is 6.80. The second kappa shape index (κ2) is 13.2. The van der Waals surface area contributed by atoms with Crippen LogP contribution < -0.4 is 10.0 Å². The van der Waals surface area contributed by atoms with Gasteiger partial charge in [-0.05, 0) is 48.7 Å². The first-order valence-corrected chi connectivity index (χ1v) is 12.6. The highest BCUT2D eigenvalue weighted by Gasteiger charge is 2.26. The number of nitrogens with zero attached hydrogens (tertiary/aromatic N) is 1. The van der Waals surface area contributed by atoms with Gasteiger partial charge < -0.3 is 15.0 Å². The van der Waals surface area contributed by atoms with Gasteiger partial charge in [0.25, 0.3) is 0 Å². The maximum Gasteiger partial charge on any atom is 0.242 e. The first-order chi connectivity index (χ1) is 16.2. The van der Waals surface area contributed by atoms with Crippen LogP contribution in [0.1, 0.15) is 31.4 Å². The number of carbonyl (C=O) groups is 2. The van der Waals surface area contributed by atoms with Crippen LogP contribution >= 0.6 is 0 Å². The van der Waals surface area contributed by atoms with Crippen LogP contribution in [0.4, 0.5) is 4.39 Å². The second-order valence-corrected chi connectivity index (χ2v) is 9.52. The van der Waals surface area contributed by atoms with Crippen molar-refractivity contribution in [3.05, 3.63) is 65.5 Å². The Balaban J connectivity index is 2.10. The van der Waals surface area contributed by atoms with Crippen LogP contribution in [-0.2, 0) is 37.3 Å². The SMILES string of the molecule is CCNS(=O)(=O)c1ccc(CCC(=O)N(Cc2ccc(F)cc2)[C@@H](C)C(=O)NCCOC)cc1. The number of hydrogen-bond acceptors (Lipinski definition) is 5. The van der Waals surface area contributed by atoms with Gasteiger partial charge in [-0.25, -0.2) is 17.5 Å². The fourth-order valence-electron chi connectivity index (χ4n) is 3.30. The number of nitrogens with one attached hydrogen (secondary N) is 2. The molecule has 0 aliphatic heterocycles. The maximum atomic E-state index is 13.3. The number of aryl methyl sites for hydroxylation is 1. The van der Waals surface area contributed by atoms with Crippen LogP contribution in [0.2, 0.25) is 0 Å². The Bertz CT molecular complexity index is 1040. The van der Waals surface area contributed by atoms with E-state index in [9.17, 15) is 22.4 Å². The predicted molar refractivity (Wildman–Crippen MR) is 127 cm³/mol. The Labute approximate surface area is 200 Å².